The molecule has 0 aliphatic carbocycles. The fourth-order valence-corrected chi connectivity index (χ4v) is 3.55. The van der Waals surface area contributed by atoms with Crippen molar-refractivity contribution < 1.29 is 23.5 Å². The SMILES string of the molecule is CC(C)(C)OC(=O)NC1CCCOCC1F.Cn1cc(NC(=O)c2csc(Br)n2)cn1. The molecule has 1 aliphatic heterocycles. The minimum Gasteiger partial charge on any atom is -0.444 e. The van der Waals surface area contributed by atoms with Gasteiger partial charge < -0.3 is 20.1 Å². The zero-order chi connectivity index (χ0) is 23.0. The first-order valence-corrected chi connectivity index (χ1v) is 11.3. The number of alkyl halides is 1. The third-order valence-corrected chi connectivity index (χ3v) is 5.26. The quantitative estimate of drug-likeness (QED) is 0.636. The Labute approximate surface area is 192 Å². The summed E-state index contributed by atoms with van der Waals surface area (Å²) in [4.78, 5) is 27.1. The van der Waals surface area contributed by atoms with Gasteiger partial charge in [-0.3, -0.25) is 9.48 Å². The highest BCUT2D eigenvalue weighted by molar-refractivity contribution is 9.11. The summed E-state index contributed by atoms with van der Waals surface area (Å²) in [7, 11) is 1.79. The topological polar surface area (TPSA) is 107 Å². The van der Waals surface area contributed by atoms with Gasteiger partial charge in [0.15, 0.2) is 3.92 Å². The second kappa shape index (κ2) is 11.5. The molecular formula is C19H27BrFN5O4S. The third kappa shape index (κ3) is 9.32. The Bertz CT molecular complexity index is 870. The van der Waals surface area contributed by atoms with Gasteiger partial charge in [-0.2, -0.15) is 5.10 Å². The van der Waals surface area contributed by atoms with Crippen LogP contribution in [0.2, 0.25) is 0 Å². The van der Waals surface area contributed by atoms with Crippen LogP contribution in [0.1, 0.15) is 44.1 Å². The van der Waals surface area contributed by atoms with Crippen LogP contribution in [-0.4, -0.2) is 57.8 Å². The summed E-state index contributed by atoms with van der Waals surface area (Å²) in [6.45, 7) is 5.91. The molecular weight excluding hydrogens is 493 g/mol. The van der Waals surface area contributed by atoms with E-state index in [0.29, 0.717) is 28.3 Å². The van der Waals surface area contributed by atoms with Crippen LogP contribution in [0.3, 0.4) is 0 Å². The number of amides is 2. The van der Waals surface area contributed by atoms with Gasteiger partial charge in [0.2, 0.25) is 0 Å². The van der Waals surface area contributed by atoms with Crippen LogP contribution in [0.15, 0.2) is 21.7 Å². The Morgan fingerprint density at radius 3 is 2.74 bits per heavy atom. The van der Waals surface area contributed by atoms with Gasteiger partial charge in [0.1, 0.15) is 17.5 Å². The van der Waals surface area contributed by atoms with Gasteiger partial charge in [-0.1, -0.05) is 0 Å². The van der Waals surface area contributed by atoms with Crippen LogP contribution >= 0.6 is 27.3 Å². The van der Waals surface area contributed by atoms with E-state index in [2.05, 4.69) is 36.6 Å². The lowest BCUT2D eigenvalue weighted by Gasteiger charge is -2.24. The highest BCUT2D eigenvalue weighted by atomic mass is 79.9. The van der Waals surface area contributed by atoms with Crippen LogP contribution in [0.4, 0.5) is 14.9 Å². The molecule has 9 nitrogen and oxygen atoms in total. The zero-order valence-electron chi connectivity index (χ0n) is 17.9. The van der Waals surface area contributed by atoms with E-state index in [1.807, 2.05) is 0 Å². The van der Waals surface area contributed by atoms with E-state index in [4.69, 9.17) is 9.47 Å². The summed E-state index contributed by atoms with van der Waals surface area (Å²) in [5.74, 6) is -0.232. The minimum absolute atomic E-state index is 0.0421. The van der Waals surface area contributed by atoms with Crippen molar-refractivity contribution in [1.82, 2.24) is 20.1 Å². The fourth-order valence-electron chi connectivity index (χ4n) is 2.56. The van der Waals surface area contributed by atoms with Crippen molar-refractivity contribution in [2.45, 2.75) is 51.4 Å². The van der Waals surface area contributed by atoms with E-state index < -0.39 is 23.9 Å². The second-order valence-electron chi connectivity index (χ2n) is 7.83. The highest BCUT2D eigenvalue weighted by Gasteiger charge is 2.27. The van der Waals surface area contributed by atoms with E-state index >= 15 is 0 Å². The zero-order valence-corrected chi connectivity index (χ0v) is 20.3. The highest BCUT2D eigenvalue weighted by Crippen LogP contribution is 2.17. The number of carbonyl (C=O) groups excluding carboxylic acids is 2. The smallest absolute Gasteiger partial charge is 0.407 e. The first-order chi connectivity index (χ1) is 14.5. The number of aromatic nitrogens is 3. The first-order valence-electron chi connectivity index (χ1n) is 9.66. The average molecular weight is 520 g/mol. The molecule has 2 atom stereocenters. The molecule has 0 radical (unpaired) electrons. The van der Waals surface area contributed by atoms with Crippen LogP contribution < -0.4 is 10.6 Å². The number of anilines is 1. The number of thiazole rings is 1. The predicted octanol–water partition coefficient (Wildman–Crippen LogP) is 3.92. The molecule has 3 heterocycles. The lowest BCUT2D eigenvalue weighted by atomic mass is 10.1. The largest absolute Gasteiger partial charge is 0.444 e. The van der Waals surface area contributed by atoms with Crippen molar-refractivity contribution in [3.05, 3.63) is 27.4 Å². The van der Waals surface area contributed by atoms with Crippen molar-refractivity contribution in [1.29, 1.82) is 0 Å². The molecule has 0 spiro atoms. The van der Waals surface area contributed by atoms with Crippen LogP contribution in [0.25, 0.3) is 0 Å². The predicted molar refractivity (Wildman–Crippen MR) is 119 cm³/mol. The monoisotopic (exact) mass is 519 g/mol. The van der Waals surface area contributed by atoms with Crippen LogP contribution in [-0.2, 0) is 16.5 Å². The second-order valence-corrected chi connectivity index (χ2v) is 9.96. The van der Waals surface area contributed by atoms with E-state index in [9.17, 15) is 14.0 Å². The Morgan fingerprint density at radius 2 is 2.16 bits per heavy atom. The van der Waals surface area contributed by atoms with Crippen molar-refractivity contribution >= 4 is 45.0 Å². The summed E-state index contributed by atoms with van der Waals surface area (Å²) in [6, 6.07) is -0.502. The molecule has 0 aromatic carbocycles. The lowest BCUT2D eigenvalue weighted by Crippen LogP contribution is -2.44. The van der Waals surface area contributed by atoms with Crippen molar-refractivity contribution in [3.8, 4) is 0 Å². The number of hydrogen-bond acceptors (Lipinski definition) is 7. The van der Waals surface area contributed by atoms with Gasteiger partial charge in [0, 0.05) is 25.2 Å². The number of aryl methyl sites for hydroxylation is 1. The maximum Gasteiger partial charge on any atom is 0.407 e. The number of alkyl carbamates (subject to hydrolysis) is 1. The molecule has 2 unspecified atom stereocenters. The molecule has 12 heteroatoms. The Balaban J connectivity index is 0.000000220. The average Bonchev–Trinajstić information content (AvgIpc) is 3.22. The van der Waals surface area contributed by atoms with Gasteiger partial charge in [-0.15, -0.1) is 11.3 Å². The molecule has 1 saturated heterocycles. The van der Waals surface area contributed by atoms with Crippen molar-refractivity contribution in [2.75, 3.05) is 18.5 Å². The first kappa shape index (κ1) is 25.2. The van der Waals surface area contributed by atoms with Crippen molar-refractivity contribution in [2.24, 2.45) is 7.05 Å². The van der Waals surface area contributed by atoms with Gasteiger partial charge in [-0.05, 0) is 49.5 Å². The molecule has 2 N–H and O–H groups in total. The Kier molecular flexibility index (Phi) is 9.38. The van der Waals surface area contributed by atoms with Crippen LogP contribution in [0, 0.1) is 0 Å². The summed E-state index contributed by atoms with van der Waals surface area (Å²) in [6.07, 6.45) is 2.91. The molecule has 31 heavy (non-hydrogen) atoms. The number of nitrogens with zero attached hydrogens (tertiary/aromatic N) is 3. The van der Waals surface area contributed by atoms with E-state index in [-0.39, 0.29) is 12.5 Å². The lowest BCUT2D eigenvalue weighted by molar-refractivity contribution is 0.0437. The fraction of sp³-hybridized carbons (Fsp3) is 0.579. The molecule has 1 aliphatic rings. The van der Waals surface area contributed by atoms with Gasteiger partial charge in [0.25, 0.3) is 5.91 Å². The number of hydrogen-bond donors (Lipinski definition) is 2. The number of rotatable bonds is 3. The molecule has 3 rings (SSSR count). The number of nitrogens with one attached hydrogen (secondary N) is 2. The summed E-state index contributed by atoms with van der Waals surface area (Å²) < 4.78 is 25.9. The molecule has 1 fully saturated rings. The molecule has 172 valence electrons. The van der Waals surface area contributed by atoms with E-state index in [1.165, 1.54) is 11.3 Å². The number of ether oxygens (including phenoxy) is 2. The Morgan fingerprint density at radius 1 is 1.42 bits per heavy atom. The molecule has 0 saturated carbocycles. The molecule has 2 amide bonds. The summed E-state index contributed by atoms with van der Waals surface area (Å²) in [5.41, 5.74) is 0.499. The Hall–Kier alpha value is -2.05. The van der Waals surface area contributed by atoms with Gasteiger partial charge >= 0.3 is 6.09 Å². The van der Waals surface area contributed by atoms with Gasteiger partial charge in [0.05, 0.1) is 24.5 Å². The standard InChI is InChI=1S/C11H20FNO3.C8H7BrN4OS/c1-11(2,3)16-10(14)13-9-5-4-6-15-7-8(9)12;1-13-3-5(2-10-13)11-7(14)6-4-15-8(9)12-6/h8-9H,4-7H2,1-3H3,(H,13,14);2-4H,1H3,(H,11,14). The number of halogens is 2. The minimum atomic E-state index is -1.16. The van der Waals surface area contributed by atoms with Crippen LogP contribution in [0.5, 0.6) is 0 Å². The normalized spacial score (nSPS) is 18.9. The van der Waals surface area contributed by atoms with Gasteiger partial charge in [-0.25, -0.2) is 14.2 Å². The molecule has 0 bridgehead atoms. The van der Waals surface area contributed by atoms with Crippen molar-refractivity contribution in [3.63, 3.8) is 0 Å². The van der Waals surface area contributed by atoms with E-state index in [1.54, 1.807) is 50.3 Å². The van der Waals surface area contributed by atoms with E-state index in [0.717, 1.165) is 6.42 Å². The summed E-state index contributed by atoms with van der Waals surface area (Å²) >= 11 is 4.57. The molecule has 2 aromatic rings. The summed E-state index contributed by atoms with van der Waals surface area (Å²) in [5, 5.41) is 10.9. The molecule has 2 aromatic heterocycles. The maximum atomic E-state index is 13.5. The maximum absolute atomic E-state index is 13.5. The third-order valence-electron chi connectivity index (χ3n) is 3.89. The number of carbonyl (C=O) groups is 2.